The number of guanidine groups is 1. The Labute approximate surface area is 139 Å². The van der Waals surface area contributed by atoms with E-state index in [4.69, 9.17) is 4.42 Å². The molecule has 0 saturated heterocycles. The molecule has 0 bridgehead atoms. The Morgan fingerprint density at radius 3 is 2.35 bits per heavy atom. The van der Waals surface area contributed by atoms with E-state index in [0.717, 1.165) is 30.4 Å². The van der Waals surface area contributed by atoms with Gasteiger partial charge in [0.25, 0.3) is 0 Å². The Hall–Kier alpha value is -0.790. The number of halogens is 1. The summed E-state index contributed by atoms with van der Waals surface area (Å²) < 4.78 is 5.51. The maximum absolute atomic E-state index is 5.51. The highest BCUT2D eigenvalue weighted by Crippen LogP contribution is 2.16. The summed E-state index contributed by atoms with van der Waals surface area (Å²) in [5.41, 5.74) is 1.26. The first-order valence-electron chi connectivity index (χ1n) is 6.69. The van der Waals surface area contributed by atoms with Gasteiger partial charge in [0, 0.05) is 13.6 Å². The van der Waals surface area contributed by atoms with E-state index in [-0.39, 0.29) is 24.0 Å². The van der Waals surface area contributed by atoms with Crippen LogP contribution in [-0.2, 0) is 6.54 Å². The van der Waals surface area contributed by atoms with Crippen LogP contribution in [0.3, 0.4) is 0 Å². The lowest BCUT2D eigenvalue weighted by atomic mass is 9.92. The number of nitrogens with one attached hydrogen (secondary N) is 2. The minimum atomic E-state index is 0. The van der Waals surface area contributed by atoms with Crippen molar-refractivity contribution in [2.45, 2.75) is 47.6 Å². The average Bonchev–Trinajstić information content (AvgIpc) is 2.61. The van der Waals surface area contributed by atoms with Crippen molar-refractivity contribution in [2.24, 2.45) is 10.4 Å². The fourth-order valence-corrected chi connectivity index (χ4v) is 1.55. The molecule has 0 aliphatic carbocycles. The summed E-state index contributed by atoms with van der Waals surface area (Å²) in [7, 11) is 1.76. The smallest absolute Gasteiger partial charge is 0.214 e. The van der Waals surface area contributed by atoms with E-state index in [1.165, 1.54) is 0 Å². The Kier molecular flexibility index (Phi) is 8.15. The first-order chi connectivity index (χ1) is 8.81. The molecule has 20 heavy (non-hydrogen) atoms. The minimum Gasteiger partial charge on any atom is -0.444 e. The van der Waals surface area contributed by atoms with Gasteiger partial charge < -0.3 is 15.1 Å². The SMILES string of the molecule is CN=C(NCCC(C)(C)C)NCc1nc(C)c(C)o1.I. The summed E-state index contributed by atoms with van der Waals surface area (Å²) in [4.78, 5) is 8.50. The molecule has 1 aromatic rings. The van der Waals surface area contributed by atoms with Crippen LogP contribution in [0.15, 0.2) is 9.41 Å². The summed E-state index contributed by atoms with van der Waals surface area (Å²) in [5, 5.41) is 6.48. The highest BCUT2D eigenvalue weighted by atomic mass is 127. The van der Waals surface area contributed by atoms with Crippen molar-refractivity contribution in [3.05, 3.63) is 17.3 Å². The number of rotatable bonds is 4. The highest BCUT2D eigenvalue weighted by Gasteiger charge is 2.10. The first-order valence-corrected chi connectivity index (χ1v) is 6.69. The fraction of sp³-hybridized carbons (Fsp3) is 0.714. The largest absolute Gasteiger partial charge is 0.444 e. The van der Waals surface area contributed by atoms with E-state index >= 15 is 0 Å². The molecule has 0 unspecified atom stereocenters. The Balaban J connectivity index is 0.00000361. The summed E-state index contributed by atoms with van der Waals surface area (Å²) >= 11 is 0. The van der Waals surface area contributed by atoms with E-state index in [1.807, 2.05) is 13.8 Å². The predicted molar refractivity (Wildman–Crippen MR) is 93.7 cm³/mol. The highest BCUT2D eigenvalue weighted by molar-refractivity contribution is 14.0. The van der Waals surface area contributed by atoms with E-state index in [1.54, 1.807) is 7.05 Å². The molecule has 0 radical (unpaired) electrons. The zero-order valence-corrected chi connectivity index (χ0v) is 15.7. The molecule has 0 aliphatic heterocycles. The first kappa shape index (κ1) is 19.2. The summed E-state index contributed by atoms with van der Waals surface area (Å²) in [6, 6.07) is 0. The number of aliphatic imine (C=N–C) groups is 1. The number of nitrogens with zero attached hydrogens (tertiary/aromatic N) is 2. The van der Waals surface area contributed by atoms with Gasteiger partial charge in [-0.2, -0.15) is 0 Å². The van der Waals surface area contributed by atoms with Crippen LogP contribution in [0, 0.1) is 19.3 Å². The molecule has 0 amide bonds. The molecular weight excluding hydrogens is 367 g/mol. The molecule has 0 aromatic carbocycles. The molecule has 2 N–H and O–H groups in total. The van der Waals surface area contributed by atoms with Gasteiger partial charge in [-0.15, -0.1) is 24.0 Å². The van der Waals surface area contributed by atoms with E-state index < -0.39 is 0 Å². The third-order valence-electron chi connectivity index (χ3n) is 2.87. The van der Waals surface area contributed by atoms with Crippen LogP contribution in [0.1, 0.15) is 44.5 Å². The molecular formula is C14H27IN4O. The van der Waals surface area contributed by atoms with Gasteiger partial charge in [0.15, 0.2) is 5.96 Å². The molecule has 0 atom stereocenters. The maximum Gasteiger partial charge on any atom is 0.214 e. The Bertz CT molecular complexity index is 415. The van der Waals surface area contributed by atoms with Crippen molar-refractivity contribution in [2.75, 3.05) is 13.6 Å². The van der Waals surface area contributed by atoms with Crippen molar-refractivity contribution in [1.82, 2.24) is 15.6 Å². The third kappa shape index (κ3) is 7.12. The van der Waals surface area contributed by atoms with Crippen molar-refractivity contribution in [3.63, 3.8) is 0 Å². The number of oxazole rings is 1. The van der Waals surface area contributed by atoms with Crippen molar-refractivity contribution in [3.8, 4) is 0 Å². The summed E-state index contributed by atoms with van der Waals surface area (Å²) in [5.74, 6) is 2.33. The van der Waals surface area contributed by atoms with Gasteiger partial charge in [-0.1, -0.05) is 20.8 Å². The van der Waals surface area contributed by atoms with Crippen LogP contribution in [0.2, 0.25) is 0 Å². The molecule has 1 aromatic heterocycles. The second-order valence-corrected chi connectivity index (χ2v) is 5.91. The molecule has 0 spiro atoms. The second-order valence-electron chi connectivity index (χ2n) is 5.91. The van der Waals surface area contributed by atoms with Gasteiger partial charge in [0.05, 0.1) is 12.2 Å². The number of aryl methyl sites for hydroxylation is 2. The standard InChI is InChI=1S/C14H26N4O.HI/c1-10-11(2)19-12(18-10)9-17-13(15-6)16-8-7-14(3,4)5;/h7-9H2,1-6H3,(H2,15,16,17);1H. The third-order valence-corrected chi connectivity index (χ3v) is 2.87. The zero-order valence-electron chi connectivity index (χ0n) is 13.3. The topological polar surface area (TPSA) is 62.5 Å². The van der Waals surface area contributed by atoms with Gasteiger partial charge in [-0.05, 0) is 25.7 Å². The summed E-state index contributed by atoms with van der Waals surface area (Å²) in [6.45, 7) is 12.0. The Morgan fingerprint density at radius 2 is 1.90 bits per heavy atom. The van der Waals surface area contributed by atoms with Crippen LogP contribution in [0.4, 0.5) is 0 Å². The zero-order chi connectivity index (χ0) is 14.5. The van der Waals surface area contributed by atoms with Crippen LogP contribution >= 0.6 is 24.0 Å². The summed E-state index contributed by atoms with van der Waals surface area (Å²) in [6.07, 6.45) is 1.09. The molecule has 0 fully saturated rings. The van der Waals surface area contributed by atoms with Crippen LogP contribution in [-0.4, -0.2) is 24.5 Å². The molecule has 6 heteroatoms. The van der Waals surface area contributed by atoms with Crippen LogP contribution < -0.4 is 10.6 Å². The lowest BCUT2D eigenvalue weighted by Gasteiger charge is -2.19. The van der Waals surface area contributed by atoms with Gasteiger partial charge in [0.1, 0.15) is 5.76 Å². The normalized spacial score (nSPS) is 12.0. The lowest BCUT2D eigenvalue weighted by Crippen LogP contribution is -2.38. The average molecular weight is 394 g/mol. The minimum absolute atomic E-state index is 0. The van der Waals surface area contributed by atoms with Gasteiger partial charge in [-0.25, -0.2) is 4.98 Å². The quantitative estimate of drug-likeness (QED) is 0.468. The fourth-order valence-electron chi connectivity index (χ4n) is 1.55. The maximum atomic E-state index is 5.51. The van der Waals surface area contributed by atoms with E-state index in [9.17, 15) is 0 Å². The number of hydrogen-bond acceptors (Lipinski definition) is 3. The van der Waals surface area contributed by atoms with Gasteiger partial charge in [0.2, 0.25) is 5.89 Å². The van der Waals surface area contributed by atoms with E-state index in [2.05, 4.69) is 41.4 Å². The van der Waals surface area contributed by atoms with Gasteiger partial charge >= 0.3 is 0 Å². The van der Waals surface area contributed by atoms with Crippen LogP contribution in [0.5, 0.6) is 0 Å². The van der Waals surface area contributed by atoms with E-state index in [0.29, 0.717) is 17.9 Å². The van der Waals surface area contributed by atoms with Crippen LogP contribution in [0.25, 0.3) is 0 Å². The van der Waals surface area contributed by atoms with Crippen molar-refractivity contribution < 1.29 is 4.42 Å². The molecule has 116 valence electrons. The molecule has 1 heterocycles. The predicted octanol–water partition coefficient (Wildman–Crippen LogP) is 3.01. The molecule has 0 saturated carbocycles. The second kappa shape index (κ2) is 8.49. The molecule has 1 rings (SSSR count). The Morgan fingerprint density at radius 1 is 1.25 bits per heavy atom. The van der Waals surface area contributed by atoms with Crippen molar-refractivity contribution in [1.29, 1.82) is 0 Å². The number of hydrogen-bond donors (Lipinski definition) is 2. The monoisotopic (exact) mass is 394 g/mol. The van der Waals surface area contributed by atoms with Gasteiger partial charge in [-0.3, -0.25) is 4.99 Å². The molecule has 5 nitrogen and oxygen atoms in total. The lowest BCUT2D eigenvalue weighted by molar-refractivity contribution is 0.377. The number of aromatic nitrogens is 1. The molecule has 0 aliphatic rings. The van der Waals surface area contributed by atoms with Crippen molar-refractivity contribution >= 4 is 29.9 Å².